The molecule has 0 radical (unpaired) electrons. The van der Waals surface area contributed by atoms with Crippen LogP contribution in [0.15, 0.2) is 115 Å². The van der Waals surface area contributed by atoms with Crippen molar-refractivity contribution >= 4 is 67.6 Å². The molecule has 1 saturated heterocycles. The van der Waals surface area contributed by atoms with Gasteiger partial charge in [-0.15, -0.1) is 0 Å². The predicted octanol–water partition coefficient (Wildman–Crippen LogP) is 9.67. The van der Waals surface area contributed by atoms with E-state index in [9.17, 15) is 19.2 Å². The van der Waals surface area contributed by atoms with Gasteiger partial charge in [0.25, 0.3) is 5.91 Å². The first-order valence-corrected chi connectivity index (χ1v) is 24.1. The molecule has 9 rings (SSSR count). The summed E-state index contributed by atoms with van der Waals surface area (Å²) in [5, 5.41) is 9.55. The van der Waals surface area contributed by atoms with E-state index in [-0.39, 0.29) is 30.2 Å². The summed E-state index contributed by atoms with van der Waals surface area (Å²) in [6.07, 6.45) is 5.39. The van der Waals surface area contributed by atoms with E-state index >= 15 is 0 Å². The quantitative estimate of drug-likeness (QED) is 0.0646. The Morgan fingerprint density at radius 2 is 1.47 bits per heavy atom. The highest BCUT2D eigenvalue weighted by Gasteiger charge is 2.44. The van der Waals surface area contributed by atoms with Gasteiger partial charge in [-0.05, 0) is 76.1 Å². The van der Waals surface area contributed by atoms with Crippen molar-refractivity contribution in [2.45, 2.75) is 64.7 Å². The number of amides is 4. The molecule has 0 saturated carbocycles. The van der Waals surface area contributed by atoms with Crippen LogP contribution in [0.3, 0.4) is 0 Å². The van der Waals surface area contributed by atoms with Crippen LogP contribution in [-0.2, 0) is 30.3 Å². The number of nitrogens with one attached hydrogen (secondary N) is 4. The number of rotatable bonds is 17. The molecule has 2 aliphatic rings. The number of ether oxygens (including phenoxy) is 3. The van der Waals surface area contributed by atoms with Gasteiger partial charge in [-0.1, -0.05) is 113 Å². The van der Waals surface area contributed by atoms with Gasteiger partial charge in [0.15, 0.2) is 0 Å². The normalized spacial score (nSPS) is 17.9. The molecule has 15 nitrogen and oxygen atoms in total. The molecule has 4 N–H and O–H groups in total. The third-order valence-electron chi connectivity index (χ3n) is 13.9. The standard InChI is InChI=1S/C55H60N8O7/c1-7-25-62(52(64)46(32(3)8-2)60-54(66)68-5)29-45-56-43-23-19-38-26-36(17-21-41(38)48(43)58-45)37-18-22-42-39(27-37)20-24-44-49(42)59-51(57-44)50-33(4)40(31-70-30-34-13-12-14-34)28-63(50)53(65)47(61-55(67)69-6)35-15-10-9-11-16-35/h9-13,15-24,26-27,32,34,40,46-47,50H,4,7-8,14,25,28-31H2,1-3,5-6H3,(H,56,58)(H,57,59)(H,60,66)(H,61,67)/t32-,34?,40-,46?,47+,50-/m0/s1. The number of methoxy groups -OCH3 is 2. The van der Waals surface area contributed by atoms with Crippen LogP contribution < -0.4 is 10.6 Å². The van der Waals surface area contributed by atoms with Gasteiger partial charge < -0.3 is 44.6 Å². The first-order valence-electron chi connectivity index (χ1n) is 24.1. The zero-order valence-corrected chi connectivity index (χ0v) is 40.3. The third-order valence-corrected chi connectivity index (χ3v) is 13.9. The average Bonchev–Trinajstić information content (AvgIpc) is 4.09. The monoisotopic (exact) mass is 944 g/mol. The first-order chi connectivity index (χ1) is 34.0. The van der Waals surface area contributed by atoms with Crippen molar-refractivity contribution < 1.29 is 33.4 Å². The minimum absolute atomic E-state index is 0.0909. The van der Waals surface area contributed by atoms with Crippen molar-refractivity contribution in [1.29, 1.82) is 0 Å². The number of aromatic nitrogens is 4. The van der Waals surface area contributed by atoms with Crippen LogP contribution in [0.1, 0.15) is 69.3 Å². The second-order valence-electron chi connectivity index (χ2n) is 18.5. The SMILES string of the molecule is C=C1[C@H](COCC2C=CC2)CN(C(=O)[C@H](NC(=O)OC)c2ccccc2)[C@@H]1c1nc2ccc3cc(-c4ccc5c(ccc6nc(CN(CCC)C(=O)C(NC(=O)OC)[C@@H](C)CC)[nH]c65)c4)ccc3c2[nH]1. The van der Waals surface area contributed by atoms with Crippen molar-refractivity contribution in [2.75, 3.05) is 40.5 Å². The Balaban J connectivity index is 0.988. The van der Waals surface area contributed by atoms with Crippen LogP contribution in [0.4, 0.5) is 9.59 Å². The molecule has 1 aliphatic heterocycles. The summed E-state index contributed by atoms with van der Waals surface area (Å²) < 4.78 is 16.0. The van der Waals surface area contributed by atoms with E-state index in [4.69, 9.17) is 24.2 Å². The zero-order chi connectivity index (χ0) is 49.1. The Morgan fingerprint density at radius 3 is 2.09 bits per heavy atom. The molecule has 70 heavy (non-hydrogen) atoms. The Bertz CT molecular complexity index is 3130. The van der Waals surface area contributed by atoms with Gasteiger partial charge in [-0.25, -0.2) is 19.6 Å². The Morgan fingerprint density at radius 1 is 0.829 bits per heavy atom. The highest BCUT2D eigenvalue weighted by atomic mass is 16.5. The van der Waals surface area contributed by atoms with Crippen molar-refractivity contribution in [3.8, 4) is 11.1 Å². The molecule has 0 spiro atoms. The molecule has 0 bridgehead atoms. The van der Waals surface area contributed by atoms with Crippen LogP contribution in [-0.4, -0.2) is 100 Å². The number of carbonyl (C=O) groups excluding carboxylic acids is 4. The van der Waals surface area contributed by atoms with Crippen molar-refractivity contribution in [2.24, 2.45) is 17.8 Å². The number of allylic oxidation sites excluding steroid dienone is 1. The first kappa shape index (κ1) is 47.5. The van der Waals surface area contributed by atoms with E-state index in [0.717, 1.165) is 73.2 Å². The minimum Gasteiger partial charge on any atom is -0.453 e. The number of imidazole rings is 2. The third kappa shape index (κ3) is 9.58. The molecule has 7 aromatic rings. The fourth-order valence-electron chi connectivity index (χ4n) is 9.71. The highest BCUT2D eigenvalue weighted by Crippen LogP contribution is 2.42. The molecule has 4 amide bonds. The van der Waals surface area contributed by atoms with E-state index in [0.29, 0.717) is 55.9 Å². The zero-order valence-electron chi connectivity index (χ0n) is 40.3. The Kier molecular flexibility index (Phi) is 14.0. The number of H-pyrrole nitrogens is 2. The maximum Gasteiger partial charge on any atom is 0.407 e. The molecule has 1 fully saturated rings. The van der Waals surface area contributed by atoms with Gasteiger partial charge in [-0.3, -0.25) is 9.59 Å². The number of fused-ring (bicyclic) bond motifs is 6. The number of carbonyl (C=O) groups is 4. The minimum atomic E-state index is -1.00. The van der Waals surface area contributed by atoms with Crippen LogP contribution >= 0.6 is 0 Å². The van der Waals surface area contributed by atoms with Crippen molar-refractivity contribution in [3.05, 3.63) is 133 Å². The van der Waals surface area contributed by atoms with Gasteiger partial charge in [0.1, 0.15) is 29.8 Å². The fraction of sp³-hybridized carbons (Fsp3) is 0.345. The summed E-state index contributed by atoms with van der Waals surface area (Å²) in [6.45, 7) is 12.6. The van der Waals surface area contributed by atoms with E-state index in [1.165, 1.54) is 14.2 Å². The lowest BCUT2D eigenvalue weighted by molar-refractivity contribution is -0.135. The predicted molar refractivity (Wildman–Crippen MR) is 271 cm³/mol. The van der Waals surface area contributed by atoms with Crippen LogP contribution in [0.2, 0.25) is 0 Å². The summed E-state index contributed by atoms with van der Waals surface area (Å²) in [5.41, 5.74) is 6.79. The topological polar surface area (TPSA) is 184 Å². The van der Waals surface area contributed by atoms with Crippen LogP contribution in [0.25, 0.3) is 54.7 Å². The van der Waals surface area contributed by atoms with E-state index in [1.807, 2.05) is 63.2 Å². The lowest BCUT2D eigenvalue weighted by atomic mass is 9.96. The van der Waals surface area contributed by atoms with Gasteiger partial charge in [0.2, 0.25) is 5.91 Å². The number of aromatic amines is 2. The Labute approximate surface area is 406 Å². The number of alkyl carbamates (subject to hydrolysis) is 2. The molecule has 2 aromatic heterocycles. The molecule has 362 valence electrons. The number of benzene rings is 5. The number of hydrogen-bond acceptors (Lipinski definition) is 9. The fourth-order valence-corrected chi connectivity index (χ4v) is 9.71. The molecular weight excluding hydrogens is 885 g/mol. The number of hydrogen-bond donors (Lipinski definition) is 4. The van der Waals surface area contributed by atoms with E-state index in [2.05, 4.69) is 87.9 Å². The van der Waals surface area contributed by atoms with Gasteiger partial charge >= 0.3 is 12.2 Å². The summed E-state index contributed by atoms with van der Waals surface area (Å²) in [5.74, 6) is 0.902. The summed E-state index contributed by atoms with van der Waals surface area (Å²) in [6, 6.07) is 27.7. The summed E-state index contributed by atoms with van der Waals surface area (Å²) >= 11 is 0. The summed E-state index contributed by atoms with van der Waals surface area (Å²) in [4.78, 5) is 74.0. The maximum absolute atomic E-state index is 14.7. The van der Waals surface area contributed by atoms with E-state index in [1.54, 1.807) is 9.80 Å². The van der Waals surface area contributed by atoms with Crippen molar-refractivity contribution in [1.82, 2.24) is 40.4 Å². The maximum atomic E-state index is 14.7. The molecule has 5 aromatic carbocycles. The summed E-state index contributed by atoms with van der Waals surface area (Å²) in [7, 11) is 2.57. The number of nitrogens with zero attached hydrogens (tertiary/aromatic N) is 4. The Hall–Kier alpha value is -7.52. The average molecular weight is 945 g/mol. The van der Waals surface area contributed by atoms with Crippen molar-refractivity contribution in [3.63, 3.8) is 0 Å². The number of likely N-dealkylation sites (tertiary alicyclic amines) is 1. The second-order valence-corrected chi connectivity index (χ2v) is 18.5. The molecule has 1 aliphatic carbocycles. The van der Waals surface area contributed by atoms with Gasteiger partial charge in [0, 0.05) is 35.7 Å². The second kappa shape index (κ2) is 20.6. The molecule has 2 unspecified atom stereocenters. The lowest BCUT2D eigenvalue weighted by Gasteiger charge is -2.29. The molecule has 3 heterocycles. The highest BCUT2D eigenvalue weighted by molar-refractivity contribution is 6.07. The van der Waals surface area contributed by atoms with Gasteiger partial charge in [-0.2, -0.15) is 0 Å². The van der Waals surface area contributed by atoms with Gasteiger partial charge in [0.05, 0.1) is 56.0 Å². The smallest absolute Gasteiger partial charge is 0.407 e. The van der Waals surface area contributed by atoms with E-state index < -0.39 is 30.3 Å². The lowest BCUT2D eigenvalue weighted by Crippen LogP contribution is -2.51. The van der Waals surface area contributed by atoms with Crippen LogP contribution in [0, 0.1) is 17.8 Å². The molecule has 6 atom stereocenters. The van der Waals surface area contributed by atoms with Crippen LogP contribution in [0.5, 0.6) is 0 Å². The molecule has 15 heteroatoms. The largest absolute Gasteiger partial charge is 0.453 e. The molecular formula is C55H60N8O7.